The molecule has 0 aliphatic carbocycles. The molecule has 1 atom stereocenters. The van der Waals surface area contributed by atoms with E-state index in [0.29, 0.717) is 6.04 Å². The van der Waals surface area contributed by atoms with Gasteiger partial charge in [-0.3, -0.25) is 4.79 Å². The average molecular weight is 232 g/mol. The average Bonchev–Trinajstić information content (AvgIpc) is 2.38. The van der Waals surface area contributed by atoms with E-state index in [4.69, 9.17) is 0 Å². The summed E-state index contributed by atoms with van der Waals surface area (Å²) >= 11 is 0. The molecule has 0 unspecified atom stereocenters. The molecular weight excluding hydrogens is 212 g/mol. The third-order valence-electron chi connectivity index (χ3n) is 3.28. The van der Waals surface area contributed by atoms with E-state index in [2.05, 4.69) is 19.2 Å². The third-order valence-corrected chi connectivity index (χ3v) is 3.28. The summed E-state index contributed by atoms with van der Waals surface area (Å²) in [6.45, 7) is 6.71. The van der Waals surface area contributed by atoms with Crippen molar-refractivity contribution in [1.29, 1.82) is 0 Å². The van der Waals surface area contributed by atoms with Gasteiger partial charge in [0.1, 0.15) is 0 Å². The predicted octanol–water partition coefficient (Wildman–Crippen LogP) is 1.68. The van der Waals surface area contributed by atoms with Gasteiger partial charge in [-0.05, 0) is 25.0 Å². The normalized spacial score (nSPS) is 20.4. The smallest absolute Gasteiger partial charge is 0.254 e. The topological polar surface area (TPSA) is 32.3 Å². The van der Waals surface area contributed by atoms with Crippen molar-refractivity contribution in [2.75, 3.05) is 19.6 Å². The van der Waals surface area contributed by atoms with Crippen molar-refractivity contribution in [3.8, 4) is 0 Å². The minimum Gasteiger partial charge on any atom is -0.336 e. The van der Waals surface area contributed by atoms with Crippen molar-refractivity contribution in [2.24, 2.45) is 0 Å². The summed E-state index contributed by atoms with van der Waals surface area (Å²) < 4.78 is 0. The maximum absolute atomic E-state index is 12.4. The Kier molecular flexibility index (Phi) is 3.79. The number of amides is 1. The number of piperazine rings is 1. The molecule has 1 aromatic carbocycles. The van der Waals surface area contributed by atoms with Crippen LogP contribution in [0.5, 0.6) is 0 Å². The van der Waals surface area contributed by atoms with Gasteiger partial charge in [0.25, 0.3) is 5.91 Å². The molecule has 1 amide bonds. The molecule has 3 nitrogen and oxygen atoms in total. The lowest BCUT2D eigenvalue weighted by Gasteiger charge is -2.32. The van der Waals surface area contributed by atoms with Gasteiger partial charge < -0.3 is 10.2 Å². The lowest BCUT2D eigenvalue weighted by molar-refractivity contribution is 0.0708. The van der Waals surface area contributed by atoms with Gasteiger partial charge in [-0.2, -0.15) is 0 Å². The fourth-order valence-electron chi connectivity index (χ4n) is 2.32. The highest BCUT2D eigenvalue weighted by Crippen LogP contribution is 2.13. The highest BCUT2D eigenvalue weighted by atomic mass is 16.2. The number of benzene rings is 1. The van der Waals surface area contributed by atoms with Crippen LogP contribution in [0.15, 0.2) is 24.3 Å². The summed E-state index contributed by atoms with van der Waals surface area (Å²) in [5, 5.41) is 3.35. The number of aryl methyl sites for hydroxylation is 1. The SMILES string of the molecule is CCc1ccccc1C(=O)N1CCN[C@H](C)C1. The monoisotopic (exact) mass is 232 g/mol. The number of rotatable bonds is 2. The second-order valence-electron chi connectivity index (χ2n) is 4.62. The molecule has 0 bridgehead atoms. The van der Waals surface area contributed by atoms with Crippen LogP contribution in [0, 0.1) is 0 Å². The highest BCUT2D eigenvalue weighted by Gasteiger charge is 2.22. The second kappa shape index (κ2) is 5.32. The molecule has 1 aliphatic rings. The van der Waals surface area contributed by atoms with E-state index >= 15 is 0 Å². The maximum atomic E-state index is 12.4. The Bertz CT molecular complexity index is 403. The van der Waals surface area contributed by atoms with Gasteiger partial charge in [0.05, 0.1) is 0 Å². The van der Waals surface area contributed by atoms with Gasteiger partial charge in [-0.1, -0.05) is 25.1 Å². The molecule has 3 heteroatoms. The van der Waals surface area contributed by atoms with E-state index in [9.17, 15) is 4.79 Å². The number of carbonyl (C=O) groups excluding carboxylic acids is 1. The summed E-state index contributed by atoms with van der Waals surface area (Å²) in [5.41, 5.74) is 2.01. The molecule has 0 aromatic heterocycles. The predicted molar refractivity (Wildman–Crippen MR) is 69.2 cm³/mol. The summed E-state index contributed by atoms with van der Waals surface area (Å²) in [6.07, 6.45) is 0.906. The van der Waals surface area contributed by atoms with Gasteiger partial charge in [0, 0.05) is 31.2 Å². The third kappa shape index (κ3) is 2.67. The van der Waals surface area contributed by atoms with Crippen LogP contribution in [0.1, 0.15) is 29.8 Å². The Balaban J connectivity index is 2.18. The van der Waals surface area contributed by atoms with Gasteiger partial charge in [0.15, 0.2) is 0 Å². The van der Waals surface area contributed by atoms with Crippen molar-refractivity contribution in [3.63, 3.8) is 0 Å². The lowest BCUT2D eigenvalue weighted by atomic mass is 10.0. The first-order chi connectivity index (χ1) is 8.22. The molecule has 1 saturated heterocycles. The largest absolute Gasteiger partial charge is 0.336 e. The Labute approximate surface area is 103 Å². The quantitative estimate of drug-likeness (QED) is 0.841. The molecule has 1 heterocycles. The van der Waals surface area contributed by atoms with Crippen molar-refractivity contribution in [2.45, 2.75) is 26.3 Å². The minimum absolute atomic E-state index is 0.177. The van der Waals surface area contributed by atoms with Gasteiger partial charge in [-0.15, -0.1) is 0 Å². The summed E-state index contributed by atoms with van der Waals surface area (Å²) in [7, 11) is 0. The van der Waals surface area contributed by atoms with Gasteiger partial charge in [0.2, 0.25) is 0 Å². The van der Waals surface area contributed by atoms with Crippen LogP contribution >= 0.6 is 0 Å². The number of nitrogens with one attached hydrogen (secondary N) is 1. The second-order valence-corrected chi connectivity index (χ2v) is 4.62. The fourth-order valence-corrected chi connectivity index (χ4v) is 2.32. The van der Waals surface area contributed by atoms with E-state index in [1.54, 1.807) is 0 Å². The van der Waals surface area contributed by atoms with E-state index in [1.165, 1.54) is 0 Å². The van der Waals surface area contributed by atoms with Crippen LogP contribution in [0.3, 0.4) is 0 Å². The van der Waals surface area contributed by atoms with Crippen molar-refractivity contribution < 1.29 is 4.79 Å². The van der Waals surface area contributed by atoms with E-state index < -0.39 is 0 Å². The molecule has 0 saturated carbocycles. The van der Waals surface area contributed by atoms with Crippen LogP contribution < -0.4 is 5.32 Å². The van der Waals surface area contributed by atoms with Gasteiger partial charge >= 0.3 is 0 Å². The number of hydrogen-bond acceptors (Lipinski definition) is 2. The molecule has 1 aliphatic heterocycles. The summed E-state index contributed by atoms with van der Waals surface area (Å²) in [6, 6.07) is 8.31. The Morgan fingerprint density at radius 1 is 1.47 bits per heavy atom. The first kappa shape index (κ1) is 12.1. The Hall–Kier alpha value is -1.35. The van der Waals surface area contributed by atoms with Crippen LogP contribution in [-0.4, -0.2) is 36.5 Å². The molecule has 1 N–H and O–H groups in total. The van der Waals surface area contributed by atoms with Crippen LogP contribution in [0.4, 0.5) is 0 Å². The van der Waals surface area contributed by atoms with E-state index in [1.807, 2.05) is 29.2 Å². The standard InChI is InChI=1S/C14H20N2O/c1-3-12-6-4-5-7-13(12)14(17)16-9-8-15-11(2)10-16/h4-7,11,15H,3,8-10H2,1-2H3/t11-/m1/s1. The molecule has 0 radical (unpaired) electrons. The van der Waals surface area contributed by atoms with Gasteiger partial charge in [-0.25, -0.2) is 0 Å². The molecule has 1 fully saturated rings. The first-order valence-corrected chi connectivity index (χ1v) is 6.33. The zero-order valence-corrected chi connectivity index (χ0v) is 10.6. The van der Waals surface area contributed by atoms with Crippen LogP contribution in [0.2, 0.25) is 0 Å². The molecule has 17 heavy (non-hydrogen) atoms. The van der Waals surface area contributed by atoms with Crippen molar-refractivity contribution >= 4 is 5.91 Å². The maximum Gasteiger partial charge on any atom is 0.254 e. The molecule has 0 spiro atoms. The van der Waals surface area contributed by atoms with Crippen molar-refractivity contribution in [1.82, 2.24) is 10.2 Å². The zero-order valence-electron chi connectivity index (χ0n) is 10.6. The minimum atomic E-state index is 0.177. The highest BCUT2D eigenvalue weighted by molar-refractivity contribution is 5.95. The summed E-state index contributed by atoms with van der Waals surface area (Å²) in [5.74, 6) is 0.177. The van der Waals surface area contributed by atoms with Crippen LogP contribution in [-0.2, 0) is 6.42 Å². The van der Waals surface area contributed by atoms with E-state index in [-0.39, 0.29) is 5.91 Å². The molecule has 92 valence electrons. The lowest BCUT2D eigenvalue weighted by Crippen LogP contribution is -2.51. The molecule has 1 aromatic rings. The summed E-state index contributed by atoms with van der Waals surface area (Å²) in [4.78, 5) is 14.4. The van der Waals surface area contributed by atoms with E-state index in [0.717, 1.165) is 37.2 Å². The van der Waals surface area contributed by atoms with Crippen molar-refractivity contribution in [3.05, 3.63) is 35.4 Å². The Morgan fingerprint density at radius 3 is 2.94 bits per heavy atom. The zero-order chi connectivity index (χ0) is 12.3. The fraction of sp³-hybridized carbons (Fsp3) is 0.500. The number of hydrogen-bond donors (Lipinski definition) is 1. The number of nitrogens with zero attached hydrogens (tertiary/aromatic N) is 1. The number of carbonyl (C=O) groups is 1. The molecular formula is C14H20N2O. The molecule has 2 rings (SSSR count). The first-order valence-electron chi connectivity index (χ1n) is 6.33. The van der Waals surface area contributed by atoms with Crippen LogP contribution in [0.25, 0.3) is 0 Å². The Morgan fingerprint density at radius 2 is 2.24 bits per heavy atom.